The van der Waals surface area contributed by atoms with Gasteiger partial charge in [-0.3, -0.25) is 9.69 Å². The minimum Gasteiger partial charge on any atom is -0.394 e. The molecule has 0 aromatic carbocycles. The number of aliphatic hydroxyl groups excluding tert-OH is 2. The Balaban J connectivity index is 1.74. The van der Waals surface area contributed by atoms with E-state index in [0.29, 0.717) is 19.6 Å². The average molecular weight is 299 g/mol. The van der Waals surface area contributed by atoms with E-state index in [1.807, 2.05) is 4.90 Å². The van der Waals surface area contributed by atoms with Crippen molar-refractivity contribution in [2.24, 2.45) is 5.92 Å². The van der Waals surface area contributed by atoms with Crippen molar-refractivity contribution in [3.63, 3.8) is 0 Å². The molecule has 0 aromatic heterocycles. The third-order valence-electron chi connectivity index (χ3n) is 4.79. The van der Waals surface area contributed by atoms with Crippen molar-refractivity contribution in [3.05, 3.63) is 0 Å². The second-order valence-electron chi connectivity index (χ2n) is 6.40. The number of carbonyl (C=O) groups is 1. The smallest absolute Gasteiger partial charge is 0.236 e. The van der Waals surface area contributed by atoms with E-state index < -0.39 is 6.10 Å². The van der Waals surface area contributed by atoms with Crippen LogP contribution in [-0.2, 0) is 4.79 Å². The number of aliphatic hydroxyl groups is 2. The molecule has 6 heteroatoms. The molecular weight excluding hydrogens is 270 g/mol. The van der Waals surface area contributed by atoms with Crippen LogP contribution in [0, 0.1) is 5.92 Å². The summed E-state index contributed by atoms with van der Waals surface area (Å²) < 4.78 is 0. The Bertz CT molecular complexity index is 332. The first-order valence-corrected chi connectivity index (χ1v) is 8.07. The van der Waals surface area contributed by atoms with Crippen LogP contribution in [-0.4, -0.2) is 96.4 Å². The molecule has 0 aliphatic carbocycles. The molecule has 2 fully saturated rings. The summed E-state index contributed by atoms with van der Waals surface area (Å²) in [6.07, 6.45) is 2.06. The fourth-order valence-electron chi connectivity index (χ4n) is 3.23. The van der Waals surface area contributed by atoms with Gasteiger partial charge in [-0.25, -0.2) is 0 Å². The summed E-state index contributed by atoms with van der Waals surface area (Å²) >= 11 is 0. The lowest BCUT2D eigenvalue weighted by molar-refractivity contribution is -0.134. The van der Waals surface area contributed by atoms with Crippen LogP contribution >= 0.6 is 0 Å². The highest BCUT2D eigenvalue weighted by atomic mass is 16.3. The molecule has 21 heavy (non-hydrogen) atoms. The zero-order valence-corrected chi connectivity index (χ0v) is 13.1. The van der Waals surface area contributed by atoms with E-state index in [-0.39, 0.29) is 18.4 Å². The van der Waals surface area contributed by atoms with Gasteiger partial charge in [-0.1, -0.05) is 0 Å². The topological polar surface area (TPSA) is 67.2 Å². The lowest BCUT2D eigenvalue weighted by atomic mass is 9.91. The number of likely N-dealkylation sites (N-methyl/N-ethyl adjacent to an activating group) is 1. The molecule has 0 saturated carbocycles. The predicted octanol–water partition coefficient (Wildman–Crippen LogP) is -0.784. The normalized spacial score (nSPS) is 24.8. The summed E-state index contributed by atoms with van der Waals surface area (Å²) in [4.78, 5) is 18.8. The molecular formula is C15H29N3O3. The molecule has 2 N–H and O–H groups in total. The van der Waals surface area contributed by atoms with Gasteiger partial charge in [0.25, 0.3) is 0 Å². The molecule has 6 nitrogen and oxygen atoms in total. The van der Waals surface area contributed by atoms with Crippen molar-refractivity contribution in [2.45, 2.75) is 25.4 Å². The van der Waals surface area contributed by atoms with Gasteiger partial charge in [0.2, 0.25) is 5.91 Å². The highest BCUT2D eigenvalue weighted by Crippen LogP contribution is 2.20. The highest BCUT2D eigenvalue weighted by Gasteiger charge is 2.27. The Labute approximate surface area is 127 Å². The lowest BCUT2D eigenvalue weighted by Gasteiger charge is -2.34. The zero-order chi connectivity index (χ0) is 15.2. The molecule has 1 unspecified atom stereocenters. The van der Waals surface area contributed by atoms with Crippen LogP contribution in [0.2, 0.25) is 0 Å². The number of hydrogen-bond acceptors (Lipinski definition) is 5. The summed E-state index contributed by atoms with van der Waals surface area (Å²) in [6, 6.07) is 0. The van der Waals surface area contributed by atoms with Crippen molar-refractivity contribution in [3.8, 4) is 0 Å². The first kappa shape index (κ1) is 16.7. The van der Waals surface area contributed by atoms with Crippen molar-refractivity contribution < 1.29 is 15.0 Å². The van der Waals surface area contributed by atoms with E-state index in [0.717, 1.165) is 45.4 Å². The number of rotatable bonds is 4. The maximum atomic E-state index is 12.4. The SMILES string of the molecule is CN1CCCN(CC(=O)N2CCC(C(O)CO)CC2)CC1. The van der Waals surface area contributed by atoms with Gasteiger partial charge in [0.05, 0.1) is 19.3 Å². The molecule has 2 aliphatic heterocycles. The fraction of sp³-hybridized carbons (Fsp3) is 0.933. The van der Waals surface area contributed by atoms with E-state index >= 15 is 0 Å². The van der Waals surface area contributed by atoms with Crippen LogP contribution in [0.15, 0.2) is 0 Å². The van der Waals surface area contributed by atoms with E-state index in [1.54, 1.807) is 0 Å². The maximum Gasteiger partial charge on any atom is 0.236 e. The molecule has 2 aliphatic rings. The number of piperidine rings is 1. The molecule has 122 valence electrons. The Hall–Kier alpha value is -0.690. The quantitative estimate of drug-likeness (QED) is 0.712. The monoisotopic (exact) mass is 299 g/mol. The van der Waals surface area contributed by atoms with Gasteiger partial charge in [-0.05, 0) is 45.3 Å². The van der Waals surface area contributed by atoms with Crippen LogP contribution in [0.5, 0.6) is 0 Å². The van der Waals surface area contributed by atoms with Gasteiger partial charge >= 0.3 is 0 Å². The van der Waals surface area contributed by atoms with Crippen molar-refractivity contribution in [1.29, 1.82) is 0 Å². The third-order valence-corrected chi connectivity index (χ3v) is 4.79. The summed E-state index contributed by atoms with van der Waals surface area (Å²) in [5.74, 6) is 0.336. The molecule has 0 bridgehead atoms. The van der Waals surface area contributed by atoms with Gasteiger partial charge in [-0.15, -0.1) is 0 Å². The Morgan fingerprint density at radius 2 is 1.86 bits per heavy atom. The molecule has 1 amide bonds. The minimum absolute atomic E-state index is 0.130. The average Bonchev–Trinajstić information content (AvgIpc) is 2.71. The van der Waals surface area contributed by atoms with E-state index in [2.05, 4.69) is 16.8 Å². The standard InChI is InChI=1S/C15H29N3O3/c1-16-5-2-6-17(10-9-16)11-15(21)18-7-3-13(4-8-18)14(20)12-19/h13-14,19-20H,2-12H2,1H3. The van der Waals surface area contributed by atoms with Crippen LogP contribution in [0.25, 0.3) is 0 Å². The van der Waals surface area contributed by atoms with Gasteiger partial charge in [-0.2, -0.15) is 0 Å². The third kappa shape index (κ3) is 4.92. The van der Waals surface area contributed by atoms with E-state index in [9.17, 15) is 9.90 Å². The van der Waals surface area contributed by atoms with Gasteiger partial charge in [0, 0.05) is 26.2 Å². The number of likely N-dealkylation sites (tertiary alicyclic amines) is 1. The van der Waals surface area contributed by atoms with Crippen LogP contribution in [0.4, 0.5) is 0 Å². The first-order chi connectivity index (χ1) is 10.1. The van der Waals surface area contributed by atoms with Crippen molar-refractivity contribution in [1.82, 2.24) is 14.7 Å². The predicted molar refractivity (Wildman–Crippen MR) is 81.0 cm³/mol. The Morgan fingerprint density at radius 3 is 2.52 bits per heavy atom. The second-order valence-corrected chi connectivity index (χ2v) is 6.40. The number of nitrogens with zero attached hydrogens (tertiary/aromatic N) is 3. The van der Waals surface area contributed by atoms with Gasteiger partial charge in [0.1, 0.15) is 0 Å². The summed E-state index contributed by atoms with van der Waals surface area (Å²) in [5, 5.41) is 18.6. The van der Waals surface area contributed by atoms with Crippen molar-refractivity contribution in [2.75, 3.05) is 59.5 Å². The first-order valence-electron chi connectivity index (χ1n) is 8.07. The maximum absolute atomic E-state index is 12.4. The number of amides is 1. The molecule has 1 atom stereocenters. The molecule has 0 radical (unpaired) electrons. The summed E-state index contributed by atoms with van der Waals surface area (Å²) in [5.41, 5.74) is 0. The van der Waals surface area contributed by atoms with Crippen molar-refractivity contribution >= 4 is 5.91 Å². The van der Waals surface area contributed by atoms with E-state index in [4.69, 9.17) is 5.11 Å². The summed E-state index contributed by atoms with van der Waals surface area (Å²) in [7, 11) is 2.13. The Kier molecular flexibility index (Phi) is 6.41. The largest absolute Gasteiger partial charge is 0.394 e. The second kappa shape index (κ2) is 8.08. The number of hydrogen-bond donors (Lipinski definition) is 2. The number of carbonyl (C=O) groups excluding carboxylic acids is 1. The molecule has 0 spiro atoms. The Morgan fingerprint density at radius 1 is 1.14 bits per heavy atom. The van der Waals surface area contributed by atoms with E-state index in [1.165, 1.54) is 0 Å². The fourth-order valence-corrected chi connectivity index (χ4v) is 3.23. The summed E-state index contributed by atoms with van der Waals surface area (Å²) in [6.45, 7) is 5.83. The zero-order valence-electron chi connectivity index (χ0n) is 13.1. The van der Waals surface area contributed by atoms with Crippen LogP contribution in [0.3, 0.4) is 0 Å². The highest BCUT2D eigenvalue weighted by molar-refractivity contribution is 5.78. The molecule has 2 rings (SSSR count). The lowest BCUT2D eigenvalue weighted by Crippen LogP contribution is -2.46. The van der Waals surface area contributed by atoms with Crippen LogP contribution < -0.4 is 0 Å². The molecule has 0 aromatic rings. The molecule has 2 saturated heterocycles. The van der Waals surface area contributed by atoms with Gasteiger partial charge < -0.3 is 20.0 Å². The minimum atomic E-state index is -0.636. The molecule has 2 heterocycles. The van der Waals surface area contributed by atoms with Gasteiger partial charge in [0.15, 0.2) is 0 Å². The van der Waals surface area contributed by atoms with Crippen LogP contribution in [0.1, 0.15) is 19.3 Å².